The number of hydrogen-bond acceptors (Lipinski definition) is 9. The number of aliphatic hydroxyl groups excluding tert-OH is 1. The molecule has 0 saturated carbocycles. The van der Waals surface area contributed by atoms with E-state index in [0.717, 1.165) is 5.56 Å². The summed E-state index contributed by atoms with van der Waals surface area (Å²) in [6, 6.07) is 6.98. The van der Waals surface area contributed by atoms with Crippen molar-refractivity contribution in [1.29, 1.82) is 0 Å². The molecule has 2 saturated heterocycles. The first kappa shape index (κ1) is 42.9. The molecule has 4 atom stereocenters. The van der Waals surface area contributed by atoms with Crippen molar-refractivity contribution in [1.82, 2.24) is 30.2 Å². The molecule has 1 aromatic carbocycles. The Labute approximate surface area is 325 Å². The number of nitrogens with zero attached hydrogens (tertiary/aromatic N) is 4. The van der Waals surface area contributed by atoms with Crippen LogP contribution in [0.5, 0.6) is 0 Å². The monoisotopic (exact) mass is 788 g/mol. The van der Waals surface area contributed by atoms with Gasteiger partial charge in [-0.05, 0) is 107 Å². The van der Waals surface area contributed by atoms with Crippen LogP contribution in [0.2, 0.25) is 0 Å². The summed E-state index contributed by atoms with van der Waals surface area (Å²) in [6.07, 6.45) is -2.45. The number of carboxylic acid groups (broad SMARTS) is 1. The highest BCUT2D eigenvalue weighted by molar-refractivity contribution is 5.93. The van der Waals surface area contributed by atoms with Gasteiger partial charge in [-0.3, -0.25) is 19.6 Å². The molecule has 2 fully saturated rings. The first-order valence-corrected chi connectivity index (χ1v) is 19.0. The number of carbonyl (C=O) groups excluding carboxylic acids is 2. The van der Waals surface area contributed by atoms with Gasteiger partial charge in [0, 0.05) is 56.0 Å². The summed E-state index contributed by atoms with van der Waals surface area (Å²) in [5.74, 6) is -1.62. The summed E-state index contributed by atoms with van der Waals surface area (Å²) in [7, 11) is 1.52. The number of rotatable bonds is 13. The molecule has 5 rings (SSSR count). The molecule has 2 aliphatic rings. The number of hydrogen-bond donors (Lipinski definition) is 4. The lowest BCUT2D eigenvalue weighted by Crippen LogP contribution is -2.61. The lowest BCUT2D eigenvalue weighted by molar-refractivity contribution is -0.148. The highest BCUT2D eigenvalue weighted by atomic mass is 19.4. The second-order valence-corrected chi connectivity index (χ2v) is 16.7. The molecule has 2 aliphatic heterocycles. The molecule has 16 heteroatoms. The fraction of sp³-hybridized carbons (Fsp3) is 0.600. The number of amides is 2. The number of nitrogens with one attached hydrogen (secondary N) is 2. The van der Waals surface area contributed by atoms with E-state index in [1.165, 1.54) is 16.7 Å². The fourth-order valence-electron chi connectivity index (χ4n) is 7.59. The Morgan fingerprint density at radius 3 is 2.46 bits per heavy atom. The molecular formula is C40H55F3N6O7. The number of aliphatic carboxylic acids is 1. The van der Waals surface area contributed by atoms with Crippen molar-refractivity contribution in [2.75, 3.05) is 39.9 Å². The fourth-order valence-corrected chi connectivity index (χ4v) is 7.59. The second-order valence-electron chi connectivity index (χ2n) is 16.7. The van der Waals surface area contributed by atoms with Crippen LogP contribution in [-0.2, 0) is 32.0 Å². The van der Waals surface area contributed by atoms with Crippen LogP contribution in [0.1, 0.15) is 89.6 Å². The van der Waals surface area contributed by atoms with Crippen LogP contribution in [-0.4, -0.2) is 111 Å². The maximum Gasteiger partial charge on any atom is 0.408 e. The predicted molar refractivity (Wildman–Crippen MR) is 204 cm³/mol. The number of benzene rings is 1. The van der Waals surface area contributed by atoms with Gasteiger partial charge in [-0.25, -0.2) is 10.2 Å². The first-order valence-electron chi connectivity index (χ1n) is 19.0. The van der Waals surface area contributed by atoms with E-state index in [2.05, 4.69) is 15.7 Å². The van der Waals surface area contributed by atoms with E-state index >= 15 is 0 Å². The molecule has 2 amide bonds. The van der Waals surface area contributed by atoms with Gasteiger partial charge in [-0.1, -0.05) is 19.9 Å². The number of aliphatic hydroxyl groups is 1. The second kappa shape index (κ2) is 17.1. The molecule has 0 bridgehead atoms. The maximum atomic E-state index is 14.4. The number of methoxy groups -OCH3 is 1. The zero-order valence-corrected chi connectivity index (χ0v) is 33.2. The number of ether oxygens (including phenoxy) is 2. The largest absolute Gasteiger partial charge is 0.480 e. The average Bonchev–Trinajstić information content (AvgIpc) is 3.71. The Morgan fingerprint density at radius 2 is 1.82 bits per heavy atom. The van der Waals surface area contributed by atoms with E-state index in [1.54, 1.807) is 52.1 Å². The third kappa shape index (κ3) is 10.4. The van der Waals surface area contributed by atoms with Crippen molar-refractivity contribution in [3.63, 3.8) is 0 Å². The molecule has 308 valence electrons. The molecule has 0 aliphatic carbocycles. The minimum absolute atomic E-state index is 0.0586. The summed E-state index contributed by atoms with van der Waals surface area (Å²) in [6.45, 7) is 10.7. The number of alkyl halides is 3. The SMILES string of the molecule is CO[C@@H](C)c1ncccc1-c1c(CC(C)(C)CO)c2cc(C3CCN(C[C@H](NC(=O)OC(C)(C)C)C(=O)N4CCC[C@@H](C(=O)O)N4)C3)ccc2n1CC(F)(F)F. The van der Waals surface area contributed by atoms with Gasteiger partial charge in [-0.2, -0.15) is 13.2 Å². The molecule has 4 N–H and O–H groups in total. The number of carbonyl (C=O) groups is 3. The zero-order valence-electron chi connectivity index (χ0n) is 33.2. The standard InChI is InChI=1S/C40H55F3N6O7/c1-24(55-7)33-27(10-8-15-44-33)34-29(19-39(5,6)23-50)28-18-25(12-13-32(28)48(34)22-40(41,42)43)26-14-17-47(20-26)21-31(45-37(54)56-38(2,3)4)35(51)49-16-9-11-30(46-49)36(52)53/h8,10,12-13,15,18,24,26,30-31,46,50H,9,11,14,16-17,19-23H2,1-7H3,(H,45,54)(H,52,53)/t24-,26?,30-,31-/m0/s1. The Bertz CT molecular complexity index is 1890. The molecule has 2 aromatic heterocycles. The van der Waals surface area contributed by atoms with Crippen LogP contribution in [0.4, 0.5) is 18.0 Å². The minimum atomic E-state index is -4.54. The lowest BCUT2D eigenvalue weighted by atomic mass is 9.84. The zero-order chi connectivity index (χ0) is 41.2. The average molecular weight is 789 g/mol. The van der Waals surface area contributed by atoms with Gasteiger partial charge in [0.1, 0.15) is 24.2 Å². The van der Waals surface area contributed by atoms with Crippen molar-refractivity contribution in [3.8, 4) is 11.3 Å². The number of likely N-dealkylation sites (tertiary alicyclic amines) is 1. The topological polar surface area (TPSA) is 158 Å². The Hall–Kier alpha value is -4.25. The predicted octanol–water partition coefficient (Wildman–Crippen LogP) is 5.80. The summed E-state index contributed by atoms with van der Waals surface area (Å²) < 4.78 is 55.5. The summed E-state index contributed by atoms with van der Waals surface area (Å²) in [5, 5.41) is 24.5. The highest BCUT2D eigenvalue weighted by Gasteiger charge is 2.37. The van der Waals surface area contributed by atoms with Crippen LogP contribution < -0.4 is 10.7 Å². The summed E-state index contributed by atoms with van der Waals surface area (Å²) in [4.78, 5) is 45.0. The Balaban J connectivity index is 1.51. The third-order valence-corrected chi connectivity index (χ3v) is 10.4. The van der Waals surface area contributed by atoms with Gasteiger partial charge in [0.2, 0.25) is 0 Å². The number of alkyl carbamates (subject to hydrolysis) is 1. The summed E-state index contributed by atoms with van der Waals surface area (Å²) in [5.41, 5.74) is 4.65. The number of pyridine rings is 1. The van der Waals surface area contributed by atoms with Crippen molar-refractivity contribution in [2.45, 2.75) is 110 Å². The number of aromatic nitrogens is 2. The quantitative estimate of drug-likeness (QED) is 0.167. The van der Waals surface area contributed by atoms with Gasteiger partial charge in [-0.15, -0.1) is 0 Å². The van der Waals surface area contributed by atoms with Crippen LogP contribution in [0.3, 0.4) is 0 Å². The van der Waals surface area contributed by atoms with Crippen LogP contribution in [0.25, 0.3) is 22.2 Å². The molecule has 13 nitrogen and oxygen atoms in total. The molecule has 0 radical (unpaired) electrons. The molecule has 1 unspecified atom stereocenters. The van der Waals surface area contributed by atoms with Gasteiger partial charge < -0.3 is 34.5 Å². The van der Waals surface area contributed by atoms with Gasteiger partial charge in [0.15, 0.2) is 0 Å². The van der Waals surface area contributed by atoms with E-state index in [-0.39, 0.29) is 32.0 Å². The molecule has 56 heavy (non-hydrogen) atoms. The number of hydrazine groups is 1. The van der Waals surface area contributed by atoms with Crippen molar-refractivity contribution >= 4 is 28.9 Å². The van der Waals surface area contributed by atoms with E-state index in [9.17, 15) is 37.8 Å². The Kier molecular flexibility index (Phi) is 13.1. The lowest BCUT2D eigenvalue weighted by Gasteiger charge is -2.35. The van der Waals surface area contributed by atoms with Crippen LogP contribution in [0.15, 0.2) is 36.5 Å². The maximum absolute atomic E-state index is 14.4. The van der Waals surface area contributed by atoms with E-state index < -0.39 is 59.9 Å². The van der Waals surface area contributed by atoms with Crippen molar-refractivity contribution < 1.29 is 47.2 Å². The normalized spacial score (nSPS) is 19.6. The molecule has 3 aromatic rings. The van der Waals surface area contributed by atoms with Crippen LogP contribution >= 0.6 is 0 Å². The van der Waals surface area contributed by atoms with Gasteiger partial charge >= 0.3 is 18.2 Å². The summed E-state index contributed by atoms with van der Waals surface area (Å²) >= 11 is 0. The van der Waals surface area contributed by atoms with E-state index in [0.29, 0.717) is 65.8 Å². The third-order valence-electron chi connectivity index (χ3n) is 10.4. The van der Waals surface area contributed by atoms with Crippen molar-refractivity contribution in [3.05, 3.63) is 53.3 Å². The molecule has 0 spiro atoms. The molecular weight excluding hydrogens is 733 g/mol. The number of carboxylic acids is 1. The van der Waals surface area contributed by atoms with E-state index in [4.69, 9.17) is 9.47 Å². The van der Waals surface area contributed by atoms with Crippen LogP contribution in [0, 0.1) is 5.41 Å². The highest BCUT2D eigenvalue weighted by Crippen LogP contribution is 2.43. The number of fused-ring (bicyclic) bond motifs is 1. The smallest absolute Gasteiger partial charge is 0.408 e. The minimum Gasteiger partial charge on any atom is -0.480 e. The first-order chi connectivity index (χ1) is 26.2. The molecule has 4 heterocycles. The van der Waals surface area contributed by atoms with Crippen molar-refractivity contribution in [2.24, 2.45) is 5.41 Å². The van der Waals surface area contributed by atoms with Gasteiger partial charge in [0.05, 0.1) is 17.5 Å². The van der Waals surface area contributed by atoms with E-state index in [1.807, 2.05) is 30.9 Å². The number of halogens is 3. The Morgan fingerprint density at radius 1 is 1.09 bits per heavy atom. The van der Waals surface area contributed by atoms with Gasteiger partial charge in [0.25, 0.3) is 5.91 Å².